The normalized spacial score (nSPS) is 42.3. The van der Waals surface area contributed by atoms with Crippen molar-refractivity contribution >= 4 is 0 Å². The van der Waals surface area contributed by atoms with E-state index < -0.39 is 17.1 Å². The molecule has 2 aliphatic heterocycles. The number of rotatable bonds is 3. The second-order valence-electron chi connectivity index (χ2n) is 9.43. The van der Waals surface area contributed by atoms with Crippen molar-refractivity contribution in [2.75, 3.05) is 20.2 Å². The summed E-state index contributed by atoms with van der Waals surface area (Å²) in [6.07, 6.45) is 6.07. The van der Waals surface area contributed by atoms with Gasteiger partial charge in [0, 0.05) is 18.2 Å². The summed E-state index contributed by atoms with van der Waals surface area (Å²) in [7, 11) is 1.66. The molecule has 0 radical (unpaired) electrons. The van der Waals surface area contributed by atoms with E-state index in [2.05, 4.69) is 11.0 Å². The second-order valence-corrected chi connectivity index (χ2v) is 9.43. The first-order valence-electron chi connectivity index (χ1n) is 10.6. The summed E-state index contributed by atoms with van der Waals surface area (Å²) in [5, 5.41) is 23.0. The van der Waals surface area contributed by atoms with Gasteiger partial charge in [0.05, 0.1) is 24.2 Å². The van der Waals surface area contributed by atoms with E-state index in [9.17, 15) is 10.2 Å². The Morgan fingerprint density at radius 2 is 2.11 bits per heavy atom. The van der Waals surface area contributed by atoms with Gasteiger partial charge < -0.3 is 19.7 Å². The average Bonchev–Trinajstić information content (AvgIpc) is 2.98. The SMILES string of the molecule is COc1ccc2c3c1O[C@@H]1[C@@H](O)CCC4(O)[C@@H](C2)N(CC2CCC2)CC[C@]314. The van der Waals surface area contributed by atoms with E-state index in [0.717, 1.165) is 48.9 Å². The number of ether oxygens (including phenoxy) is 2. The molecule has 27 heavy (non-hydrogen) atoms. The standard InChI is InChI=1S/C22H29NO4/c1-26-16-6-5-14-11-17-22(25)8-7-15(24)20-21(22,18(14)19(16)27-20)9-10-23(17)12-13-3-2-4-13/h5-6,13,15,17,20,24-25H,2-4,7-12H2,1H3/t15-,17+,20+,21-,22?/m0/s1. The lowest BCUT2D eigenvalue weighted by molar-refractivity contribution is -0.209. The number of aliphatic hydroxyl groups is 2. The highest BCUT2D eigenvalue weighted by Gasteiger charge is 2.72. The van der Waals surface area contributed by atoms with Crippen LogP contribution in [0.15, 0.2) is 12.1 Å². The smallest absolute Gasteiger partial charge is 0.166 e. The molecule has 1 aromatic rings. The van der Waals surface area contributed by atoms with E-state index in [1.165, 1.54) is 24.8 Å². The maximum Gasteiger partial charge on any atom is 0.166 e. The molecule has 1 aromatic carbocycles. The lowest BCUT2D eigenvalue weighted by Gasteiger charge is -2.64. The molecule has 2 N–H and O–H groups in total. The molecule has 2 heterocycles. The Bertz CT molecular complexity index is 793. The molecule has 1 saturated heterocycles. The van der Waals surface area contributed by atoms with Gasteiger partial charge in [-0.3, -0.25) is 4.90 Å². The Hall–Kier alpha value is -1.30. The molecule has 5 aliphatic rings. The third-order valence-corrected chi connectivity index (χ3v) is 8.46. The van der Waals surface area contributed by atoms with Crippen LogP contribution in [0.25, 0.3) is 0 Å². The Morgan fingerprint density at radius 1 is 1.26 bits per heavy atom. The minimum atomic E-state index is -0.830. The molecular weight excluding hydrogens is 342 g/mol. The Kier molecular flexibility index (Phi) is 3.33. The number of piperidine rings is 1. The number of methoxy groups -OCH3 is 1. The van der Waals surface area contributed by atoms with Crippen LogP contribution in [-0.4, -0.2) is 59.2 Å². The summed E-state index contributed by atoms with van der Waals surface area (Å²) < 4.78 is 12.0. The highest BCUT2D eigenvalue weighted by Crippen LogP contribution is 2.65. The number of likely N-dealkylation sites (tertiary alicyclic amines) is 1. The first-order valence-corrected chi connectivity index (χ1v) is 10.6. The first kappa shape index (κ1) is 16.6. The molecule has 1 unspecified atom stereocenters. The van der Waals surface area contributed by atoms with Crippen molar-refractivity contribution in [3.8, 4) is 11.5 Å². The Balaban J connectivity index is 1.52. The van der Waals surface area contributed by atoms with Gasteiger partial charge >= 0.3 is 0 Å². The topological polar surface area (TPSA) is 62.2 Å². The van der Waals surface area contributed by atoms with Crippen LogP contribution in [0.4, 0.5) is 0 Å². The van der Waals surface area contributed by atoms with Crippen LogP contribution in [0.1, 0.15) is 49.7 Å². The predicted octanol–water partition coefficient (Wildman–Crippen LogP) is 2.01. The maximum absolute atomic E-state index is 12.2. The van der Waals surface area contributed by atoms with Gasteiger partial charge in [0.2, 0.25) is 0 Å². The van der Waals surface area contributed by atoms with Gasteiger partial charge in [-0.25, -0.2) is 0 Å². The number of aliphatic hydroxyl groups excluding tert-OH is 1. The molecule has 2 bridgehead atoms. The Labute approximate surface area is 160 Å². The second kappa shape index (κ2) is 5.40. The molecule has 0 amide bonds. The molecule has 2 saturated carbocycles. The zero-order valence-electron chi connectivity index (χ0n) is 16.0. The minimum Gasteiger partial charge on any atom is -0.493 e. The first-order chi connectivity index (χ1) is 13.1. The summed E-state index contributed by atoms with van der Waals surface area (Å²) in [6, 6.07) is 4.27. The van der Waals surface area contributed by atoms with E-state index >= 15 is 0 Å². The van der Waals surface area contributed by atoms with Gasteiger partial charge in [0.1, 0.15) is 6.10 Å². The van der Waals surface area contributed by atoms with Gasteiger partial charge in [-0.15, -0.1) is 0 Å². The Morgan fingerprint density at radius 3 is 2.85 bits per heavy atom. The molecule has 3 aliphatic carbocycles. The lowest BCUT2D eigenvalue weighted by Crippen LogP contribution is -2.77. The van der Waals surface area contributed by atoms with Crippen LogP contribution in [0, 0.1) is 5.92 Å². The fraction of sp³-hybridized carbons (Fsp3) is 0.727. The van der Waals surface area contributed by atoms with Gasteiger partial charge in [0.25, 0.3) is 0 Å². The molecule has 0 aromatic heterocycles. The summed E-state index contributed by atoms with van der Waals surface area (Å²) >= 11 is 0. The maximum atomic E-state index is 12.2. The molecule has 5 atom stereocenters. The lowest BCUT2D eigenvalue weighted by atomic mass is 9.48. The van der Waals surface area contributed by atoms with Crippen LogP contribution < -0.4 is 9.47 Å². The van der Waals surface area contributed by atoms with Crippen LogP contribution >= 0.6 is 0 Å². The van der Waals surface area contributed by atoms with Gasteiger partial charge in [0.15, 0.2) is 11.5 Å². The van der Waals surface area contributed by atoms with Crippen molar-refractivity contribution in [1.29, 1.82) is 0 Å². The monoisotopic (exact) mass is 371 g/mol. The molecule has 146 valence electrons. The van der Waals surface area contributed by atoms with E-state index in [1.54, 1.807) is 7.11 Å². The van der Waals surface area contributed by atoms with E-state index in [4.69, 9.17) is 9.47 Å². The van der Waals surface area contributed by atoms with E-state index in [1.807, 2.05) is 6.07 Å². The predicted molar refractivity (Wildman–Crippen MR) is 100 cm³/mol. The van der Waals surface area contributed by atoms with Crippen molar-refractivity contribution in [3.63, 3.8) is 0 Å². The zero-order valence-corrected chi connectivity index (χ0v) is 16.0. The molecule has 5 nitrogen and oxygen atoms in total. The molecular formula is C22H29NO4. The molecule has 6 rings (SSSR count). The number of benzene rings is 1. The van der Waals surface area contributed by atoms with Crippen molar-refractivity contribution in [2.45, 2.75) is 74.2 Å². The third-order valence-electron chi connectivity index (χ3n) is 8.46. The van der Waals surface area contributed by atoms with Crippen LogP contribution in [0.2, 0.25) is 0 Å². The van der Waals surface area contributed by atoms with Crippen molar-refractivity contribution in [2.24, 2.45) is 5.92 Å². The molecule has 3 fully saturated rings. The van der Waals surface area contributed by atoms with Crippen molar-refractivity contribution < 1.29 is 19.7 Å². The number of hydrogen-bond acceptors (Lipinski definition) is 5. The average molecular weight is 371 g/mol. The summed E-state index contributed by atoms with van der Waals surface area (Å²) in [5.74, 6) is 2.29. The minimum absolute atomic E-state index is 0.122. The largest absolute Gasteiger partial charge is 0.493 e. The van der Waals surface area contributed by atoms with Crippen LogP contribution in [-0.2, 0) is 11.8 Å². The van der Waals surface area contributed by atoms with Gasteiger partial charge in [-0.1, -0.05) is 12.5 Å². The van der Waals surface area contributed by atoms with Gasteiger partial charge in [-0.2, -0.15) is 0 Å². The quantitative estimate of drug-likeness (QED) is 0.851. The molecule has 5 heteroatoms. The van der Waals surface area contributed by atoms with Gasteiger partial charge in [-0.05, 0) is 62.6 Å². The van der Waals surface area contributed by atoms with Crippen LogP contribution in [0.3, 0.4) is 0 Å². The van der Waals surface area contributed by atoms with Crippen LogP contribution in [0.5, 0.6) is 11.5 Å². The highest BCUT2D eigenvalue weighted by atomic mass is 16.5. The van der Waals surface area contributed by atoms with E-state index in [0.29, 0.717) is 12.8 Å². The zero-order chi connectivity index (χ0) is 18.4. The fourth-order valence-electron chi connectivity index (χ4n) is 6.98. The summed E-state index contributed by atoms with van der Waals surface area (Å²) in [4.78, 5) is 2.56. The number of hydrogen-bond donors (Lipinski definition) is 2. The number of nitrogens with zero attached hydrogens (tertiary/aromatic N) is 1. The van der Waals surface area contributed by atoms with E-state index in [-0.39, 0.29) is 12.1 Å². The van der Waals surface area contributed by atoms with Crippen molar-refractivity contribution in [1.82, 2.24) is 4.90 Å². The summed E-state index contributed by atoms with van der Waals surface area (Å²) in [5.41, 5.74) is 1.08. The summed E-state index contributed by atoms with van der Waals surface area (Å²) in [6.45, 7) is 2.08. The highest BCUT2D eigenvalue weighted by molar-refractivity contribution is 5.62. The molecule has 1 spiro atoms. The van der Waals surface area contributed by atoms with Crippen molar-refractivity contribution in [3.05, 3.63) is 23.3 Å². The fourth-order valence-corrected chi connectivity index (χ4v) is 6.98. The third kappa shape index (κ3) is 1.86.